The SMILES string of the molecule is CO[C@@H]1O[C@H](CO)[C@@H](O[C@@H]2O[C@H](CSCCCCCS[C@@H]3[C@H](O)[C@@H](NC(C)=O)[C@H]([C@H](O)[C@H](O)CO)O[C@]3(OP(=O)(O)OC[C@H]3O[C@@H](n4ccc(N)nc4=O)[C@H](O)[C@@H]3O)C(=O)O)[C@H](O)[C@H](O)[C@H]2O)[C@H](O)[C@H]1O. The van der Waals surface area contributed by atoms with Crippen LogP contribution >= 0.6 is 31.3 Å². The van der Waals surface area contributed by atoms with Crippen molar-refractivity contribution in [2.45, 2.75) is 154 Å². The molecule has 0 spiro atoms. The number of ether oxygens (including phenoxy) is 6. The number of nitrogens with two attached hydrogens (primary N) is 1. The molecule has 4 aliphatic rings. The Labute approximate surface area is 412 Å². The molecule has 0 aromatic carbocycles. The van der Waals surface area contributed by atoms with Gasteiger partial charge in [-0.3, -0.25) is 13.9 Å². The van der Waals surface area contributed by atoms with Crippen LogP contribution in [0.2, 0.25) is 0 Å². The maximum absolute atomic E-state index is 13.7. The summed E-state index contributed by atoms with van der Waals surface area (Å²) >= 11 is 1.88. The van der Waals surface area contributed by atoms with Gasteiger partial charge in [0.25, 0.3) is 5.79 Å². The molecule has 4 fully saturated rings. The summed E-state index contributed by atoms with van der Waals surface area (Å²) in [6, 6.07) is -0.561. The molecule has 71 heavy (non-hydrogen) atoms. The second-order valence-corrected chi connectivity index (χ2v) is 20.7. The minimum Gasteiger partial charge on any atom is -0.477 e. The van der Waals surface area contributed by atoms with Crippen molar-refractivity contribution in [2.75, 3.05) is 49.9 Å². The number of carboxylic acids is 1. The highest BCUT2D eigenvalue weighted by Crippen LogP contribution is 2.53. The average Bonchev–Trinajstić information content (AvgIpc) is 3.60. The number of carbonyl (C=O) groups is 2. The Hall–Kier alpha value is -2.29. The number of thioether (sulfide) groups is 2. The van der Waals surface area contributed by atoms with Crippen LogP contribution in [0.5, 0.6) is 0 Å². The average molecular weight is 1090 g/mol. The van der Waals surface area contributed by atoms with Crippen molar-refractivity contribution in [3.8, 4) is 0 Å². The smallest absolute Gasteiger partial charge is 0.475 e. The number of phosphoric acid groups is 1. The van der Waals surface area contributed by atoms with E-state index in [4.69, 9.17) is 43.2 Å². The molecule has 1 unspecified atom stereocenters. The molecule has 0 bridgehead atoms. The van der Waals surface area contributed by atoms with Crippen LogP contribution in [0.3, 0.4) is 0 Å². The fraction of sp³-hybridized carbons (Fsp3) is 0.842. The lowest BCUT2D eigenvalue weighted by Crippen LogP contribution is -2.73. The van der Waals surface area contributed by atoms with Crippen LogP contribution in [-0.4, -0.2) is 258 Å². The van der Waals surface area contributed by atoms with Gasteiger partial charge in [0.05, 0.1) is 43.3 Å². The van der Waals surface area contributed by atoms with Crippen LogP contribution in [0, 0.1) is 0 Å². The van der Waals surface area contributed by atoms with Gasteiger partial charge in [0.1, 0.15) is 85.2 Å². The number of unbranched alkanes of at least 4 members (excludes halogenated alkanes) is 2. The number of hydrogen-bond donors (Lipinski definition) is 16. The molecular weight excluding hydrogens is 1020 g/mol. The number of aliphatic hydroxyl groups is 12. The predicted molar refractivity (Wildman–Crippen MR) is 237 cm³/mol. The highest BCUT2D eigenvalue weighted by molar-refractivity contribution is 8.00. The van der Waals surface area contributed by atoms with Crippen LogP contribution < -0.4 is 16.7 Å². The Kier molecular flexibility index (Phi) is 21.8. The summed E-state index contributed by atoms with van der Waals surface area (Å²) in [5, 5.41) is 138. The quantitative estimate of drug-likeness (QED) is 0.0338. The van der Waals surface area contributed by atoms with Gasteiger partial charge in [-0.25, -0.2) is 18.7 Å². The van der Waals surface area contributed by atoms with Gasteiger partial charge < -0.3 is 111 Å². The lowest BCUT2D eigenvalue weighted by atomic mass is 9.88. The number of rotatable bonds is 24. The number of aromatic nitrogens is 2. The summed E-state index contributed by atoms with van der Waals surface area (Å²) in [7, 11) is -4.58. The lowest BCUT2D eigenvalue weighted by molar-refractivity contribution is -0.353. The maximum Gasteiger partial charge on any atom is 0.475 e. The second kappa shape index (κ2) is 26.0. The molecule has 30 nitrogen and oxygen atoms in total. The third-order valence-corrected chi connectivity index (χ3v) is 15.5. The zero-order valence-electron chi connectivity index (χ0n) is 38.0. The van der Waals surface area contributed by atoms with E-state index in [-0.39, 0.29) is 23.7 Å². The van der Waals surface area contributed by atoms with E-state index in [9.17, 15) is 90.2 Å². The summed E-state index contributed by atoms with van der Waals surface area (Å²) in [4.78, 5) is 52.4. The number of methoxy groups -OCH3 is 1. The fourth-order valence-electron chi connectivity index (χ4n) is 8.17. The van der Waals surface area contributed by atoms with Crippen molar-refractivity contribution in [3.05, 3.63) is 22.7 Å². The summed E-state index contributed by atoms with van der Waals surface area (Å²) in [6.45, 7) is -1.94. The topological polar surface area (TPSA) is 481 Å². The Bertz CT molecular complexity index is 2000. The Morgan fingerprint density at radius 1 is 0.901 bits per heavy atom. The molecule has 5 heterocycles. The molecule has 1 aromatic heterocycles. The molecule has 33 heteroatoms. The minimum atomic E-state index is -5.78. The van der Waals surface area contributed by atoms with E-state index in [1.54, 1.807) is 0 Å². The number of nitrogens with one attached hydrogen (secondary N) is 1. The monoisotopic (exact) mass is 1090 g/mol. The zero-order chi connectivity index (χ0) is 52.7. The molecule has 22 atom stereocenters. The van der Waals surface area contributed by atoms with Crippen molar-refractivity contribution in [3.63, 3.8) is 0 Å². The number of amides is 1. The van der Waals surface area contributed by atoms with Gasteiger partial charge in [-0.05, 0) is 30.4 Å². The van der Waals surface area contributed by atoms with E-state index in [0.717, 1.165) is 17.7 Å². The van der Waals surface area contributed by atoms with Crippen LogP contribution in [-0.2, 0) is 51.6 Å². The number of nitrogen functional groups attached to an aromatic ring is 1. The third-order valence-electron chi connectivity index (χ3n) is 11.9. The van der Waals surface area contributed by atoms with Gasteiger partial charge in [0.15, 0.2) is 18.8 Å². The van der Waals surface area contributed by atoms with Gasteiger partial charge in [0, 0.05) is 26.0 Å². The van der Waals surface area contributed by atoms with E-state index in [2.05, 4.69) is 10.3 Å². The lowest BCUT2D eigenvalue weighted by Gasteiger charge is -2.50. The number of carboxylic acid groups (broad SMARTS) is 1. The first-order valence-electron chi connectivity index (χ1n) is 22.0. The number of carbonyl (C=O) groups excluding carboxylic acids is 1. The number of anilines is 1. The van der Waals surface area contributed by atoms with Crippen LogP contribution in [0.1, 0.15) is 32.4 Å². The molecule has 0 aliphatic carbocycles. The largest absolute Gasteiger partial charge is 0.477 e. The number of phosphoric ester groups is 1. The van der Waals surface area contributed by atoms with Gasteiger partial charge in [-0.2, -0.15) is 16.7 Å². The number of aliphatic carboxylic acids is 1. The summed E-state index contributed by atoms with van der Waals surface area (Å²) < 4.78 is 57.6. The molecule has 1 aromatic rings. The summed E-state index contributed by atoms with van der Waals surface area (Å²) in [6.07, 6.45) is -28.7. The molecule has 0 radical (unpaired) electrons. The fourth-order valence-corrected chi connectivity index (χ4v) is 11.7. The maximum atomic E-state index is 13.7. The predicted octanol–water partition coefficient (Wildman–Crippen LogP) is -7.38. The minimum absolute atomic E-state index is 0.0318. The highest BCUT2D eigenvalue weighted by Gasteiger charge is 2.65. The van der Waals surface area contributed by atoms with E-state index in [1.165, 1.54) is 24.9 Å². The zero-order valence-corrected chi connectivity index (χ0v) is 40.5. The third kappa shape index (κ3) is 14.0. The van der Waals surface area contributed by atoms with Crippen LogP contribution in [0.25, 0.3) is 0 Å². The molecule has 17 N–H and O–H groups in total. The van der Waals surface area contributed by atoms with Crippen molar-refractivity contribution in [1.29, 1.82) is 0 Å². The van der Waals surface area contributed by atoms with Crippen LogP contribution in [0.4, 0.5) is 5.82 Å². The standard InChI is InChI=1S/C38H63N4O26PS2/c1-14(45)40-20-24(50)32(71-9-5-3-4-8-70-13-18-23(49)25(51)28(54)35(65-18)66-30-16(11-44)64-34(61-2)29(55)26(30)52)38(36(56)57,67-31(20)21(47)15(46)10-43)68-69(59,60)62-12-17-22(48)27(53)33(63-17)42-7-6-19(39)41-37(42)58/h6-7,15-18,20-35,43-44,46-55H,3-5,8-13H2,1-2H3,(H,40,45)(H,56,57)(H,59,60)(H2,39,41,58)/t15-,16-,17-,18-,20-,21-,22-,23+,24-,25+,26-,27-,28-,29-,30-,31-,32-,33-,34-,35+,38-/m1/s1. The summed E-state index contributed by atoms with van der Waals surface area (Å²) in [5.41, 5.74) is 4.51. The Morgan fingerprint density at radius 3 is 2.17 bits per heavy atom. The molecule has 1 amide bonds. The number of hydrogen-bond acceptors (Lipinski definition) is 28. The van der Waals surface area contributed by atoms with E-state index >= 15 is 0 Å². The van der Waals surface area contributed by atoms with Gasteiger partial charge in [-0.1, -0.05) is 6.42 Å². The highest BCUT2D eigenvalue weighted by atomic mass is 32.2. The first kappa shape index (κ1) is 59.6. The first-order valence-corrected chi connectivity index (χ1v) is 25.7. The normalized spacial score (nSPS) is 39.4. The number of nitrogens with zero attached hydrogens (tertiary/aromatic N) is 2. The molecule has 0 saturated carbocycles. The molecule has 5 rings (SSSR count). The van der Waals surface area contributed by atoms with E-state index in [1.807, 2.05) is 0 Å². The van der Waals surface area contributed by atoms with E-state index in [0.29, 0.717) is 30.4 Å². The Morgan fingerprint density at radius 2 is 1.55 bits per heavy atom. The van der Waals surface area contributed by atoms with Crippen molar-refractivity contribution < 1.29 is 123 Å². The molecule has 4 saturated heterocycles. The van der Waals surface area contributed by atoms with Gasteiger partial charge in [0.2, 0.25) is 5.91 Å². The molecular formula is C38H63N4O26PS2. The Balaban J connectivity index is 1.23. The van der Waals surface area contributed by atoms with Crippen molar-refractivity contribution in [1.82, 2.24) is 14.9 Å². The second-order valence-electron chi connectivity index (χ2n) is 16.9. The van der Waals surface area contributed by atoms with Gasteiger partial charge >= 0.3 is 19.5 Å². The van der Waals surface area contributed by atoms with Crippen LogP contribution in [0.15, 0.2) is 17.1 Å². The number of aliphatic hydroxyl groups excluding tert-OH is 12. The first-order chi connectivity index (χ1) is 33.4. The van der Waals surface area contributed by atoms with Crippen molar-refractivity contribution >= 4 is 49.0 Å². The van der Waals surface area contributed by atoms with Crippen molar-refractivity contribution in [2.24, 2.45) is 0 Å². The molecule has 4 aliphatic heterocycles. The van der Waals surface area contributed by atoms with Gasteiger partial charge in [-0.15, -0.1) is 11.8 Å². The summed E-state index contributed by atoms with van der Waals surface area (Å²) in [5.74, 6) is -6.25. The van der Waals surface area contributed by atoms with E-state index < -0.39 is 173 Å². The molecule has 408 valence electrons.